The van der Waals surface area contributed by atoms with Crippen LogP contribution < -0.4 is 11.1 Å². The predicted molar refractivity (Wildman–Crippen MR) is 85.1 cm³/mol. The predicted octanol–water partition coefficient (Wildman–Crippen LogP) is 1.52. The number of amides is 3. The molecule has 2 rings (SSSR count). The molecule has 0 saturated carbocycles. The van der Waals surface area contributed by atoms with Crippen molar-refractivity contribution in [1.29, 1.82) is 0 Å². The van der Waals surface area contributed by atoms with Crippen LogP contribution in [0.1, 0.15) is 17.3 Å². The molecule has 1 heterocycles. The monoisotopic (exact) mass is 354 g/mol. The number of carbonyl (C=O) groups is 2. The SMILES string of the molecule is CCNC(=O)N1CCN(C(=O)c2cc(Br)ccc2N)CC1. The Morgan fingerprint density at radius 3 is 2.48 bits per heavy atom. The van der Waals surface area contributed by atoms with Crippen LogP contribution in [0, 0.1) is 0 Å². The molecule has 1 saturated heterocycles. The molecule has 1 aromatic rings. The lowest BCUT2D eigenvalue weighted by Crippen LogP contribution is -2.53. The molecule has 21 heavy (non-hydrogen) atoms. The van der Waals surface area contributed by atoms with Crippen LogP contribution in [0.5, 0.6) is 0 Å². The fourth-order valence-corrected chi connectivity index (χ4v) is 2.62. The van der Waals surface area contributed by atoms with Gasteiger partial charge in [0.25, 0.3) is 5.91 Å². The molecular formula is C14H19BrN4O2. The topological polar surface area (TPSA) is 78.7 Å². The molecule has 1 aromatic carbocycles. The maximum Gasteiger partial charge on any atom is 0.317 e. The van der Waals surface area contributed by atoms with Crippen molar-refractivity contribution in [1.82, 2.24) is 15.1 Å². The minimum Gasteiger partial charge on any atom is -0.398 e. The number of nitrogens with one attached hydrogen (secondary N) is 1. The van der Waals surface area contributed by atoms with E-state index in [2.05, 4.69) is 21.2 Å². The smallest absolute Gasteiger partial charge is 0.317 e. The van der Waals surface area contributed by atoms with Crippen LogP contribution in [-0.4, -0.2) is 54.5 Å². The number of hydrogen-bond acceptors (Lipinski definition) is 3. The first kappa shape index (κ1) is 15.6. The number of piperazine rings is 1. The normalized spacial score (nSPS) is 15.0. The van der Waals surface area contributed by atoms with Crippen molar-refractivity contribution in [3.05, 3.63) is 28.2 Å². The first-order valence-electron chi connectivity index (χ1n) is 6.90. The van der Waals surface area contributed by atoms with Gasteiger partial charge in [-0.2, -0.15) is 0 Å². The van der Waals surface area contributed by atoms with E-state index in [9.17, 15) is 9.59 Å². The van der Waals surface area contributed by atoms with E-state index in [1.165, 1.54) is 0 Å². The van der Waals surface area contributed by atoms with Gasteiger partial charge in [-0.1, -0.05) is 15.9 Å². The van der Waals surface area contributed by atoms with Crippen molar-refractivity contribution in [2.75, 3.05) is 38.5 Å². The molecule has 0 aliphatic carbocycles. The maximum atomic E-state index is 12.5. The highest BCUT2D eigenvalue weighted by atomic mass is 79.9. The molecule has 0 bridgehead atoms. The van der Waals surface area contributed by atoms with Crippen molar-refractivity contribution in [3.8, 4) is 0 Å². The van der Waals surface area contributed by atoms with Crippen molar-refractivity contribution >= 4 is 33.6 Å². The van der Waals surface area contributed by atoms with E-state index >= 15 is 0 Å². The van der Waals surface area contributed by atoms with E-state index in [1.807, 2.05) is 6.92 Å². The van der Waals surface area contributed by atoms with Gasteiger partial charge in [-0.15, -0.1) is 0 Å². The Balaban J connectivity index is 2.00. The van der Waals surface area contributed by atoms with Crippen LogP contribution >= 0.6 is 15.9 Å². The molecule has 1 aliphatic heterocycles. The zero-order valence-corrected chi connectivity index (χ0v) is 13.5. The third-order valence-electron chi connectivity index (χ3n) is 3.43. The average molecular weight is 355 g/mol. The van der Waals surface area contributed by atoms with Gasteiger partial charge in [-0.3, -0.25) is 4.79 Å². The first-order chi connectivity index (χ1) is 10.0. The highest BCUT2D eigenvalue weighted by Gasteiger charge is 2.25. The number of anilines is 1. The van der Waals surface area contributed by atoms with Gasteiger partial charge in [0.05, 0.1) is 5.56 Å². The summed E-state index contributed by atoms with van der Waals surface area (Å²) in [6.45, 7) is 4.58. The summed E-state index contributed by atoms with van der Waals surface area (Å²) in [6, 6.07) is 5.17. The van der Waals surface area contributed by atoms with Gasteiger partial charge in [-0.05, 0) is 25.1 Å². The van der Waals surface area contributed by atoms with E-state index < -0.39 is 0 Å². The van der Waals surface area contributed by atoms with Gasteiger partial charge in [0.15, 0.2) is 0 Å². The Morgan fingerprint density at radius 1 is 1.24 bits per heavy atom. The van der Waals surface area contributed by atoms with Crippen molar-refractivity contribution in [2.45, 2.75) is 6.92 Å². The summed E-state index contributed by atoms with van der Waals surface area (Å²) in [5.74, 6) is -0.0932. The van der Waals surface area contributed by atoms with Crippen LogP contribution in [0.4, 0.5) is 10.5 Å². The fourth-order valence-electron chi connectivity index (χ4n) is 2.26. The molecule has 0 unspecified atom stereocenters. The van der Waals surface area contributed by atoms with E-state index in [1.54, 1.807) is 28.0 Å². The second-order valence-electron chi connectivity index (χ2n) is 4.85. The highest BCUT2D eigenvalue weighted by Crippen LogP contribution is 2.20. The van der Waals surface area contributed by atoms with E-state index in [-0.39, 0.29) is 11.9 Å². The van der Waals surface area contributed by atoms with Gasteiger partial charge >= 0.3 is 6.03 Å². The molecule has 1 aliphatic rings. The zero-order chi connectivity index (χ0) is 15.4. The minimum atomic E-state index is -0.0932. The van der Waals surface area contributed by atoms with Crippen molar-refractivity contribution in [2.24, 2.45) is 0 Å². The van der Waals surface area contributed by atoms with Crippen molar-refractivity contribution < 1.29 is 9.59 Å². The Hall–Kier alpha value is -1.76. The molecular weight excluding hydrogens is 336 g/mol. The number of nitrogen functional groups attached to an aromatic ring is 1. The summed E-state index contributed by atoms with van der Waals surface area (Å²) in [7, 11) is 0. The van der Waals surface area contributed by atoms with Gasteiger partial charge in [0.2, 0.25) is 0 Å². The van der Waals surface area contributed by atoms with Crippen LogP contribution in [0.25, 0.3) is 0 Å². The van der Waals surface area contributed by atoms with Gasteiger partial charge in [0.1, 0.15) is 0 Å². The molecule has 3 N–H and O–H groups in total. The third kappa shape index (κ3) is 3.66. The third-order valence-corrected chi connectivity index (χ3v) is 3.92. The zero-order valence-electron chi connectivity index (χ0n) is 11.9. The molecule has 6 nitrogen and oxygen atoms in total. The maximum absolute atomic E-state index is 12.5. The van der Waals surface area contributed by atoms with E-state index in [4.69, 9.17) is 5.73 Å². The standard InChI is InChI=1S/C14H19BrN4O2/c1-2-17-14(21)19-7-5-18(6-8-19)13(20)11-9-10(15)3-4-12(11)16/h3-4,9H,2,5-8,16H2,1H3,(H,17,21). The summed E-state index contributed by atoms with van der Waals surface area (Å²) in [4.78, 5) is 27.7. The number of urea groups is 1. The molecule has 0 radical (unpaired) electrons. The molecule has 0 atom stereocenters. The van der Waals surface area contributed by atoms with Gasteiger partial charge in [0, 0.05) is 42.9 Å². The Morgan fingerprint density at radius 2 is 1.86 bits per heavy atom. The molecule has 0 aromatic heterocycles. The van der Waals surface area contributed by atoms with Crippen LogP contribution in [-0.2, 0) is 0 Å². The lowest BCUT2D eigenvalue weighted by Gasteiger charge is -2.34. The first-order valence-corrected chi connectivity index (χ1v) is 7.69. The number of carbonyl (C=O) groups excluding carboxylic acids is 2. The fraction of sp³-hybridized carbons (Fsp3) is 0.429. The van der Waals surface area contributed by atoms with E-state index in [0.717, 1.165) is 4.47 Å². The number of rotatable bonds is 2. The average Bonchev–Trinajstić information content (AvgIpc) is 2.49. The molecule has 3 amide bonds. The molecule has 114 valence electrons. The summed E-state index contributed by atoms with van der Waals surface area (Å²) in [6.07, 6.45) is 0. The second-order valence-corrected chi connectivity index (χ2v) is 5.76. The summed E-state index contributed by atoms with van der Waals surface area (Å²) >= 11 is 3.35. The van der Waals surface area contributed by atoms with Crippen LogP contribution in [0.2, 0.25) is 0 Å². The number of nitrogens with two attached hydrogens (primary N) is 1. The Kier molecular flexibility index (Phi) is 5.06. The summed E-state index contributed by atoms with van der Waals surface area (Å²) in [5.41, 5.74) is 6.83. The quantitative estimate of drug-likeness (QED) is 0.790. The van der Waals surface area contributed by atoms with Crippen molar-refractivity contribution in [3.63, 3.8) is 0 Å². The largest absolute Gasteiger partial charge is 0.398 e. The van der Waals surface area contributed by atoms with Crippen LogP contribution in [0.3, 0.4) is 0 Å². The molecule has 7 heteroatoms. The van der Waals surface area contributed by atoms with E-state index in [0.29, 0.717) is 44.0 Å². The number of benzene rings is 1. The van der Waals surface area contributed by atoms with Crippen LogP contribution in [0.15, 0.2) is 22.7 Å². The molecule has 0 spiro atoms. The Labute approximate surface area is 132 Å². The summed E-state index contributed by atoms with van der Waals surface area (Å²) < 4.78 is 0.820. The minimum absolute atomic E-state index is 0.0773. The van der Waals surface area contributed by atoms with Gasteiger partial charge in [-0.25, -0.2) is 4.79 Å². The second kappa shape index (κ2) is 6.80. The Bertz CT molecular complexity index is 542. The number of hydrogen-bond donors (Lipinski definition) is 2. The van der Waals surface area contributed by atoms with Gasteiger partial charge < -0.3 is 20.9 Å². The number of halogens is 1. The lowest BCUT2D eigenvalue weighted by molar-refractivity contribution is 0.0666. The summed E-state index contributed by atoms with van der Waals surface area (Å²) in [5, 5.41) is 2.76. The highest BCUT2D eigenvalue weighted by molar-refractivity contribution is 9.10. The lowest BCUT2D eigenvalue weighted by atomic mass is 10.1. The molecule has 1 fully saturated rings. The number of nitrogens with zero attached hydrogens (tertiary/aromatic N) is 2.